The number of nitrogens with zero attached hydrogens (tertiary/aromatic N) is 3. The van der Waals surface area contributed by atoms with Crippen molar-refractivity contribution in [3.05, 3.63) is 51.2 Å². The van der Waals surface area contributed by atoms with Crippen LogP contribution in [0.3, 0.4) is 0 Å². The van der Waals surface area contributed by atoms with Crippen molar-refractivity contribution >= 4 is 40.0 Å². The number of aryl methyl sites for hydroxylation is 3. The van der Waals surface area contributed by atoms with Crippen LogP contribution in [0.4, 0.5) is 5.00 Å². The summed E-state index contributed by atoms with van der Waals surface area (Å²) < 4.78 is 12.6. The first-order valence-corrected chi connectivity index (χ1v) is 12.3. The van der Waals surface area contributed by atoms with Crippen LogP contribution in [-0.4, -0.2) is 39.5 Å². The Bertz CT molecular complexity index is 1170. The fraction of sp³-hybridized carbons (Fsp3) is 0.391. The topological polar surface area (TPSA) is 95.3 Å². The highest BCUT2D eigenvalue weighted by Gasteiger charge is 2.23. The van der Waals surface area contributed by atoms with Crippen LogP contribution in [0, 0.1) is 20.8 Å². The first-order chi connectivity index (χ1) is 15.7. The number of amides is 1. The Morgan fingerprint density at radius 3 is 2.64 bits per heavy atom. The summed E-state index contributed by atoms with van der Waals surface area (Å²) in [6, 6.07) is 6.01. The summed E-state index contributed by atoms with van der Waals surface area (Å²) in [6.07, 6.45) is 0.684. The Hall–Kier alpha value is -2.85. The van der Waals surface area contributed by atoms with E-state index in [-0.39, 0.29) is 18.3 Å². The number of anilines is 1. The van der Waals surface area contributed by atoms with Crippen molar-refractivity contribution in [3.63, 3.8) is 0 Å². The number of thiophene rings is 1. The second-order valence-electron chi connectivity index (χ2n) is 7.54. The molecular weight excluding hydrogens is 460 g/mol. The Morgan fingerprint density at radius 1 is 1.21 bits per heavy atom. The molecule has 1 N–H and O–H groups in total. The van der Waals surface area contributed by atoms with Gasteiger partial charge in [-0.15, -0.1) is 21.5 Å². The first-order valence-electron chi connectivity index (χ1n) is 10.5. The number of methoxy groups -OCH3 is 1. The molecule has 3 rings (SSSR count). The molecule has 0 spiro atoms. The predicted octanol–water partition coefficient (Wildman–Crippen LogP) is 4.46. The zero-order valence-electron chi connectivity index (χ0n) is 19.6. The van der Waals surface area contributed by atoms with E-state index in [1.54, 1.807) is 0 Å². The molecule has 2 aromatic heterocycles. The third-order valence-electron chi connectivity index (χ3n) is 5.15. The van der Waals surface area contributed by atoms with Crippen LogP contribution in [0.25, 0.3) is 0 Å². The van der Waals surface area contributed by atoms with E-state index in [2.05, 4.69) is 21.6 Å². The number of hydrogen-bond acceptors (Lipinski definition) is 8. The number of ether oxygens (including phenoxy) is 2. The van der Waals surface area contributed by atoms with Gasteiger partial charge in [0.1, 0.15) is 17.4 Å². The summed E-state index contributed by atoms with van der Waals surface area (Å²) in [5.41, 5.74) is 3.57. The molecule has 0 aliphatic heterocycles. The molecule has 10 heteroatoms. The third kappa shape index (κ3) is 5.75. The van der Waals surface area contributed by atoms with Crippen molar-refractivity contribution in [1.82, 2.24) is 14.8 Å². The molecule has 33 heavy (non-hydrogen) atoms. The molecule has 176 valence electrons. The quantitative estimate of drug-likeness (QED) is 0.351. The fourth-order valence-corrected chi connectivity index (χ4v) is 5.28. The van der Waals surface area contributed by atoms with E-state index in [1.807, 2.05) is 51.4 Å². The van der Waals surface area contributed by atoms with Crippen LogP contribution >= 0.6 is 23.1 Å². The Balaban J connectivity index is 1.61. The molecule has 2 heterocycles. The zero-order chi connectivity index (χ0) is 24.1. The van der Waals surface area contributed by atoms with E-state index in [9.17, 15) is 9.59 Å². The van der Waals surface area contributed by atoms with E-state index in [1.165, 1.54) is 35.8 Å². The minimum Gasteiger partial charge on any atom is -0.485 e. The molecule has 0 unspecified atom stereocenters. The zero-order valence-corrected chi connectivity index (χ0v) is 21.3. The molecule has 0 saturated heterocycles. The van der Waals surface area contributed by atoms with Gasteiger partial charge < -0.3 is 19.4 Å². The van der Waals surface area contributed by atoms with E-state index in [0.717, 1.165) is 21.8 Å². The van der Waals surface area contributed by atoms with Gasteiger partial charge in [-0.2, -0.15) is 0 Å². The molecule has 0 saturated carbocycles. The highest BCUT2D eigenvalue weighted by Crippen LogP contribution is 2.34. The smallest absolute Gasteiger partial charge is 0.341 e. The average Bonchev–Trinajstić information content (AvgIpc) is 3.29. The lowest BCUT2D eigenvalue weighted by molar-refractivity contribution is -0.113. The van der Waals surface area contributed by atoms with Gasteiger partial charge >= 0.3 is 5.97 Å². The Morgan fingerprint density at radius 2 is 1.97 bits per heavy atom. The van der Waals surface area contributed by atoms with Gasteiger partial charge in [-0.05, 0) is 44.4 Å². The lowest BCUT2D eigenvalue weighted by Crippen LogP contribution is -2.16. The second kappa shape index (κ2) is 10.8. The van der Waals surface area contributed by atoms with E-state index < -0.39 is 5.97 Å². The van der Waals surface area contributed by atoms with Gasteiger partial charge in [-0.25, -0.2) is 4.79 Å². The minimum atomic E-state index is -0.444. The van der Waals surface area contributed by atoms with Crippen LogP contribution < -0.4 is 10.1 Å². The molecule has 0 atom stereocenters. The number of benzene rings is 1. The largest absolute Gasteiger partial charge is 0.485 e. The summed E-state index contributed by atoms with van der Waals surface area (Å²) >= 11 is 2.65. The Labute approximate surface area is 201 Å². The normalized spacial score (nSPS) is 10.8. The van der Waals surface area contributed by atoms with Gasteiger partial charge in [0.15, 0.2) is 11.0 Å². The maximum absolute atomic E-state index is 12.6. The average molecular weight is 489 g/mol. The van der Waals surface area contributed by atoms with Crippen LogP contribution in [0.2, 0.25) is 0 Å². The molecular formula is C23H28N4O4S2. The van der Waals surface area contributed by atoms with Gasteiger partial charge in [0, 0.05) is 11.9 Å². The van der Waals surface area contributed by atoms with Gasteiger partial charge in [-0.3, -0.25) is 4.79 Å². The molecule has 0 fully saturated rings. The molecule has 3 aromatic rings. The number of nitrogens with one attached hydrogen (secondary N) is 1. The second-order valence-corrected chi connectivity index (χ2v) is 9.71. The lowest BCUT2D eigenvalue weighted by atomic mass is 10.1. The fourth-order valence-electron chi connectivity index (χ4n) is 3.40. The van der Waals surface area contributed by atoms with Gasteiger partial charge in [0.25, 0.3) is 0 Å². The number of thioether (sulfide) groups is 1. The van der Waals surface area contributed by atoms with E-state index >= 15 is 0 Å². The van der Waals surface area contributed by atoms with Crippen LogP contribution in [0.15, 0.2) is 23.4 Å². The SMILES string of the molecule is CCc1c(C)sc(NC(=O)CSc2nnc(COc3ccc(C)cc3C)n2C)c1C(=O)OC. The van der Waals surface area contributed by atoms with Crippen molar-refractivity contribution in [2.24, 2.45) is 7.05 Å². The van der Waals surface area contributed by atoms with E-state index in [4.69, 9.17) is 9.47 Å². The maximum Gasteiger partial charge on any atom is 0.341 e. The highest BCUT2D eigenvalue weighted by atomic mass is 32.2. The van der Waals surface area contributed by atoms with Gasteiger partial charge in [0.2, 0.25) is 5.91 Å². The Kier molecular flexibility index (Phi) is 8.15. The summed E-state index contributed by atoms with van der Waals surface area (Å²) in [4.78, 5) is 25.8. The lowest BCUT2D eigenvalue weighted by Gasteiger charge is -2.09. The number of aromatic nitrogens is 3. The summed E-state index contributed by atoms with van der Waals surface area (Å²) in [7, 11) is 3.18. The molecule has 0 aliphatic carbocycles. The molecule has 1 amide bonds. The molecule has 8 nitrogen and oxygen atoms in total. The first kappa shape index (κ1) is 24.8. The highest BCUT2D eigenvalue weighted by molar-refractivity contribution is 7.99. The molecule has 0 radical (unpaired) electrons. The van der Waals surface area contributed by atoms with Crippen LogP contribution in [-0.2, 0) is 29.6 Å². The number of hydrogen-bond donors (Lipinski definition) is 1. The molecule has 1 aromatic carbocycles. The van der Waals surface area contributed by atoms with Crippen molar-refractivity contribution < 1.29 is 19.1 Å². The molecule has 0 aliphatic rings. The number of carbonyl (C=O) groups is 2. The van der Waals surface area contributed by atoms with Crippen LogP contribution in [0.1, 0.15) is 44.7 Å². The number of esters is 1. The van der Waals surface area contributed by atoms with Crippen molar-refractivity contribution in [2.45, 2.75) is 45.9 Å². The van der Waals surface area contributed by atoms with Crippen LogP contribution in [0.5, 0.6) is 5.75 Å². The van der Waals surface area contributed by atoms with Crippen molar-refractivity contribution in [2.75, 3.05) is 18.2 Å². The summed E-state index contributed by atoms with van der Waals surface area (Å²) in [6.45, 7) is 8.22. The third-order valence-corrected chi connectivity index (χ3v) is 7.23. The summed E-state index contributed by atoms with van der Waals surface area (Å²) in [5, 5.41) is 12.3. The molecule has 0 bridgehead atoms. The van der Waals surface area contributed by atoms with E-state index in [0.29, 0.717) is 28.0 Å². The predicted molar refractivity (Wildman–Crippen MR) is 130 cm³/mol. The standard InChI is InChI=1S/C23H28N4O4S2/c1-7-16-15(4)33-21(20(16)22(29)30-6)24-19(28)12-32-23-26-25-18(27(23)5)11-31-17-9-8-13(2)10-14(17)3/h8-10H,7,11-12H2,1-6H3,(H,24,28). The van der Waals surface area contributed by atoms with Crippen molar-refractivity contribution in [3.8, 4) is 5.75 Å². The number of rotatable bonds is 9. The van der Waals surface area contributed by atoms with Crippen molar-refractivity contribution in [1.29, 1.82) is 0 Å². The van der Waals surface area contributed by atoms with Gasteiger partial charge in [0.05, 0.1) is 18.4 Å². The minimum absolute atomic E-state index is 0.128. The van der Waals surface area contributed by atoms with Gasteiger partial charge in [-0.1, -0.05) is 36.4 Å². The maximum atomic E-state index is 12.6. The summed E-state index contributed by atoms with van der Waals surface area (Å²) in [5.74, 6) is 0.915. The number of carbonyl (C=O) groups excluding carboxylic acids is 2. The monoisotopic (exact) mass is 488 g/mol.